The number of carbonyl (C=O) groups is 1. The summed E-state index contributed by atoms with van der Waals surface area (Å²) >= 11 is 0. The number of methoxy groups -OCH3 is 1. The molecule has 0 aliphatic rings. The maximum absolute atomic E-state index is 13.8. The fraction of sp³-hybridized carbons (Fsp3) is 0.0714. The van der Waals surface area contributed by atoms with Gasteiger partial charge in [0.1, 0.15) is 17.5 Å². The van der Waals surface area contributed by atoms with Crippen LogP contribution in [0.2, 0.25) is 0 Å². The van der Waals surface area contributed by atoms with Gasteiger partial charge in [0.25, 0.3) is 0 Å². The van der Waals surface area contributed by atoms with E-state index in [-0.39, 0.29) is 22.6 Å². The molecule has 0 atom stereocenters. The molecule has 0 radical (unpaired) electrons. The Kier molecular flexibility index (Phi) is 4.02. The third kappa shape index (κ3) is 3.07. The molecule has 21 heavy (non-hydrogen) atoms. The van der Waals surface area contributed by atoms with Crippen molar-refractivity contribution in [1.82, 2.24) is 0 Å². The van der Waals surface area contributed by atoms with Gasteiger partial charge in [-0.1, -0.05) is 0 Å². The van der Waals surface area contributed by atoms with Gasteiger partial charge in [0.05, 0.1) is 24.0 Å². The first-order valence-corrected chi connectivity index (χ1v) is 5.81. The first-order chi connectivity index (χ1) is 9.92. The first kappa shape index (κ1) is 14.7. The molecule has 0 amide bonds. The van der Waals surface area contributed by atoms with Crippen molar-refractivity contribution in [1.29, 1.82) is 0 Å². The van der Waals surface area contributed by atoms with Crippen molar-refractivity contribution in [2.75, 3.05) is 18.2 Å². The fourth-order valence-corrected chi connectivity index (χ4v) is 1.71. The highest BCUT2D eigenvalue weighted by Gasteiger charge is 2.16. The SMILES string of the molecule is COC(=O)c1cc(Nc2cc(F)ccc2F)c(F)cc1N. The maximum Gasteiger partial charge on any atom is 0.340 e. The Bertz CT molecular complexity index is 705. The summed E-state index contributed by atoms with van der Waals surface area (Å²) in [5.41, 5.74) is 4.81. The molecule has 2 aromatic rings. The molecule has 0 saturated carbocycles. The predicted molar refractivity (Wildman–Crippen MR) is 71.8 cm³/mol. The lowest BCUT2D eigenvalue weighted by Gasteiger charge is -2.12. The first-order valence-electron chi connectivity index (χ1n) is 5.81. The van der Waals surface area contributed by atoms with Gasteiger partial charge < -0.3 is 15.8 Å². The summed E-state index contributed by atoms with van der Waals surface area (Å²) in [7, 11) is 1.14. The normalized spacial score (nSPS) is 10.3. The van der Waals surface area contributed by atoms with E-state index in [9.17, 15) is 18.0 Å². The summed E-state index contributed by atoms with van der Waals surface area (Å²) in [6, 6.07) is 4.66. The van der Waals surface area contributed by atoms with Gasteiger partial charge in [-0.25, -0.2) is 18.0 Å². The number of nitrogens with one attached hydrogen (secondary N) is 1. The molecule has 0 bridgehead atoms. The highest BCUT2D eigenvalue weighted by molar-refractivity contribution is 5.96. The Labute approximate surface area is 118 Å². The summed E-state index contributed by atoms with van der Waals surface area (Å²) in [5, 5.41) is 2.37. The van der Waals surface area contributed by atoms with Crippen LogP contribution in [-0.2, 0) is 4.74 Å². The van der Waals surface area contributed by atoms with Crippen molar-refractivity contribution in [2.24, 2.45) is 0 Å². The molecule has 110 valence electrons. The molecule has 0 heterocycles. The largest absolute Gasteiger partial charge is 0.465 e. The average Bonchev–Trinajstić information content (AvgIpc) is 2.44. The molecule has 0 saturated heterocycles. The van der Waals surface area contributed by atoms with E-state index in [1.807, 2.05) is 0 Å². The zero-order valence-corrected chi connectivity index (χ0v) is 10.9. The minimum absolute atomic E-state index is 0.0850. The van der Waals surface area contributed by atoms with Crippen LogP contribution >= 0.6 is 0 Å². The second-order valence-corrected chi connectivity index (χ2v) is 4.16. The maximum atomic E-state index is 13.8. The lowest BCUT2D eigenvalue weighted by atomic mass is 10.1. The number of esters is 1. The highest BCUT2D eigenvalue weighted by atomic mass is 19.1. The second-order valence-electron chi connectivity index (χ2n) is 4.16. The lowest BCUT2D eigenvalue weighted by Crippen LogP contribution is -2.08. The van der Waals surface area contributed by atoms with E-state index in [0.717, 1.165) is 37.4 Å². The second kappa shape index (κ2) is 5.74. The molecule has 0 spiro atoms. The van der Waals surface area contributed by atoms with E-state index < -0.39 is 23.4 Å². The number of anilines is 3. The minimum Gasteiger partial charge on any atom is -0.465 e. The Hall–Kier alpha value is -2.70. The minimum atomic E-state index is -0.816. The van der Waals surface area contributed by atoms with Crippen molar-refractivity contribution in [3.05, 3.63) is 53.3 Å². The van der Waals surface area contributed by atoms with Gasteiger partial charge in [-0.3, -0.25) is 0 Å². The molecule has 0 aromatic heterocycles. The van der Waals surface area contributed by atoms with Gasteiger partial charge in [-0.05, 0) is 24.3 Å². The smallest absolute Gasteiger partial charge is 0.340 e. The Morgan fingerprint density at radius 2 is 1.76 bits per heavy atom. The van der Waals surface area contributed by atoms with E-state index in [0.29, 0.717) is 0 Å². The number of carbonyl (C=O) groups excluding carboxylic acids is 1. The monoisotopic (exact) mass is 296 g/mol. The van der Waals surface area contributed by atoms with Gasteiger partial charge in [0.15, 0.2) is 0 Å². The zero-order chi connectivity index (χ0) is 15.6. The van der Waals surface area contributed by atoms with E-state index in [1.165, 1.54) is 0 Å². The predicted octanol–water partition coefficient (Wildman–Crippen LogP) is 3.22. The van der Waals surface area contributed by atoms with Gasteiger partial charge in [-0.15, -0.1) is 0 Å². The van der Waals surface area contributed by atoms with Crippen LogP contribution in [-0.4, -0.2) is 13.1 Å². The molecule has 4 nitrogen and oxygen atoms in total. The number of nitrogen functional groups attached to an aromatic ring is 1. The number of rotatable bonds is 3. The fourth-order valence-electron chi connectivity index (χ4n) is 1.71. The number of hydrogen-bond acceptors (Lipinski definition) is 4. The van der Waals surface area contributed by atoms with Crippen molar-refractivity contribution in [3.63, 3.8) is 0 Å². The summed E-state index contributed by atoms with van der Waals surface area (Å²) < 4.78 is 44.9. The van der Waals surface area contributed by atoms with Crippen molar-refractivity contribution < 1.29 is 22.7 Å². The molecule has 2 rings (SSSR count). The van der Waals surface area contributed by atoms with Gasteiger partial charge in [-0.2, -0.15) is 0 Å². The van der Waals surface area contributed by atoms with Crippen LogP contribution < -0.4 is 11.1 Å². The summed E-state index contributed by atoms with van der Waals surface area (Å²) in [4.78, 5) is 11.5. The summed E-state index contributed by atoms with van der Waals surface area (Å²) in [6.07, 6.45) is 0. The number of hydrogen-bond donors (Lipinski definition) is 2. The van der Waals surface area contributed by atoms with Gasteiger partial charge in [0.2, 0.25) is 0 Å². The van der Waals surface area contributed by atoms with Crippen LogP contribution in [0.15, 0.2) is 30.3 Å². The third-order valence-electron chi connectivity index (χ3n) is 2.74. The topological polar surface area (TPSA) is 64.3 Å². The molecule has 0 aliphatic carbocycles. The Balaban J connectivity index is 2.44. The summed E-state index contributed by atoms with van der Waals surface area (Å²) in [6.45, 7) is 0. The molecular formula is C14H11F3N2O2. The van der Waals surface area contributed by atoms with Crippen LogP contribution in [0.25, 0.3) is 0 Å². The van der Waals surface area contributed by atoms with E-state index in [1.54, 1.807) is 0 Å². The number of benzene rings is 2. The highest BCUT2D eigenvalue weighted by Crippen LogP contribution is 2.27. The van der Waals surface area contributed by atoms with Gasteiger partial charge in [0, 0.05) is 11.8 Å². The lowest BCUT2D eigenvalue weighted by molar-refractivity contribution is 0.0602. The quantitative estimate of drug-likeness (QED) is 0.674. The van der Waals surface area contributed by atoms with Crippen LogP contribution in [0.3, 0.4) is 0 Å². The Morgan fingerprint density at radius 1 is 1.10 bits per heavy atom. The molecule has 3 N–H and O–H groups in total. The number of nitrogens with two attached hydrogens (primary N) is 1. The van der Waals surface area contributed by atoms with E-state index in [4.69, 9.17) is 5.73 Å². The van der Waals surface area contributed by atoms with Crippen molar-refractivity contribution in [2.45, 2.75) is 0 Å². The van der Waals surface area contributed by atoms with Crippen LogP contribution in [0, 0.1) is 17.5 Å². The van der Waals surface area contributed by atoms with Crippen molar-refractivity contribution in [3.8, 4) is 0 Å². The van der Waals surface area contributed by atoms with Crippen LogP contribution in [0.4, 0.5) is 30.2 Å². The van der Waals surface area contributed by atoms with E-state index >= 15 is 0 Å². The number of ether oxygens (including phenoxy) is 1. The zero-order valence-electron chi connectivity index (χ0n) is 10.9. The summed E-state index contributed by atoms with van der Waals surface area (Å²) in [5.74, 6) is -3.05. The average molecular weight is 296 g/mol. The van der Waals surface area contributed by atoms with Crippen LogP contribution in [0.5, 0.6) is 0 Å². The molecular weight excluding hydrogens is 285 g/mol. The standard InChI is InChI=1S/C14H11F3N2O2/c1-21-14(20)8-5-13(10(17)6-11(8)18)19-12-4-7(15)2-3-9(12)16/h2-6,19H,18H2,1H3. The molecule has 2 aromatic carbocycles. The third-order valence-corrected chi connectivity index (χ3v) is 2.74. The van der Waals surface area contributed by atoms with Crippen LogP contribution in [0.1, 0.15) is 10.4 Å². The van der Waals surface area contributed by atoms with Gasteiger partial charge >= 0.3 is 5.97 Å². The molecule has 0 aliphatic heterocycles. The van der Waals surface area contributed by atoms with E-state index in [2.05, 4.69) is 10.1 Å². The molecule has 7 heteroatoms. The molecule has 0 fully saturated rings. The van der Waals surface area contributed by atoms with Crippen molar-refractivity contribution >= 4 is 23.0 Å². The number of halogens is 3. The Morgan fingerprint density at radius 3 is 2.43 bits per heavy atom. The molecule has 0 unspecified atom stereocenters.